The first-order valence-corrected chi connectivity index (χ1v) is 5.66. The average molecular weight is 215 g/mol. The van der Waals surface area contributed by atoms with Gasteiger partial charge < -0.3 is 10.3 Å². The fourth-order valence-electron chi connectivity index (χ4n) is 1.83. The number of imidazole rings is 1. The summed E-state index contributed by atoms with van der Waals surface area (Å²) in [6.07, 6.45) is 4.62. The fourth-order valence-corrected chi connectivity index (χ4v) is 1.83. The highest BCUT2D eigenvalue weighted by Gasteiger charge is 2.12. The van der Waals surface area contributed by atoms with Crippen LogP contribution in [0.25, 0.3) is 0 Å². The maximum atomic E-state index is 4.31. The summed E-state index contributed by atoms with van der Waals surface area (Å²) in [4.78, 5) is 7.48. The summed E-state index contributed by atoms with van der Waals surface area (Å²) in [5.74, 6) is 1.01. The van der Waals surface area contributed by atoms with Gasteiger partial charge >= 0.3 is 0 Å². The number of nitrogens with zero attached hydrogens (tertiary/aromatic N) is 1. The molecule has 84 valence electrons. The van der Waals surface area contributed by atoms with Crippen LogP contribution in [0.3, 0.4) is 0 Å². The molecule has 0 radical (unpaired) electrons. The lowest BCUT2D eigenvalue weighted by molar-refractivity contribution is 0.526. The molecule has 2 aromatic rings. The van der Waals surface area contributed by atoms with E-state index in [1.807, 2.05) is 12.3 Å². The topological polar surface area (TPSA) is 40.7 Å². The second-order valence-corrected chi connectivity index (χ2v) is 3.77. The van der Waals surface area contributed by atoms with Crippen molar-refractivity contribution in [3.8, 4) is 0 Å². The average Bonchev–Trinajstić information content (AvgIpc) is 2.83. The third-order valence-corrected chi connectivity index (χ3v) is 2.58. The lowest BCUT2D eigenvalue weighted by atomic mass is 10.1. The van der Waals surface area contributed by atoms with E-state index in [1.165, 1.54) is 5.56 Å². The molecule has 0 saturated heterocycles. The number of H-pyrrole nitrogens is 1. The predicted octanol–water partition coefficient (Wildman–Crippen LogP) is 2.30. The van der Waals surface area contributed by atoms with Gasteiger partial charge in [-0.25, -0.2) is 4.98 Å². The molecule has 0 spiro atoms. The van der Waals surface area contributed by atoms with Crippen LogP contribution in [0.1, 0.15) is 24.4 Å². The number of hydrogen-bond acceptors (Lipinski definition) is 2. The predicted molar refractivity (Wildman–Crippen MR) is 65.2 cm³/mol. The first-order chi connectivity index (χ1) is 7.90. The molecule has 3 nitrogen and oxygen atoms in total. The van der Waals surface area contributed by atoms with Gasteiger partial charge in [-0.05, 0) is 18.5 Å². The number of aromatic amines is 1. The van der Waals surface area contributed by atoms with E-state index in [1.54, 1.807) is 6.20 Å². The zero-order valence-corrected chi connectivity index (χ0v) is 9.48. The SMILES string of the molecule is CCNC(Cc1ccccc1)c1ncc[nH]1. The molecule has 0 amide bonds. The van der Waals surface area contributed by atoms with Crippen LogP contribution in [0.5, 0.6) is 0 Å². The van der Waals surface area contributed by atoms with Gasteiger partial charge in [-0.3, -0.25) is 0 Å². The summed E-state index contributed by atoms with van der Waals surface area (Å²) < 4.78 is 0. The molecule has 3 heteroatoms. The Bertz CT molecular complexity index is 394. The van der Waals surface area contributed by atoms with Crippen molar-refractivity contribution in [2.75, 3.05) is 6.54 Å². The summed E-state index contributed by atoms with van der Waals surface area (Å²) >= 11 is 0. The Morgan fingerprint density at radius 1 is 1.31 bits per heavy atom. The molecule has 2 N–H and O–H groups in total. The van der Waals surface area contributed by atoms with Gasteiger partial charge in [0.1, 0.15) is 5.82 Å². The van der Waals surface area contributed by atoms with Crippen LogP contribution in [0.15, 0.2) is 42.7 Å². The number of hydrogen-bond donors (Lipinski definition) is 2. The van der Waals surface area contributed by atoms with E-state index < -0.39 is 0 Å². The van der Waals surface area contributed by atoms with Crippen molar-refractivity contribution in [1.82, 2.24) is 15.3 Å². The van der Waals surface area contributed by atoms with E-state index in [0.29, 0.717) is 0 Å². The molecule has 1 heterocycles. The second kappa shape index (κ2) is 5.47. The highest BCUT2D eigenvalue weighted by atomic mass is 15.0. The third kappa shape index (κ3) is 2.70. The standard InChI is InChI=1S/C13H17N3/c1-2-14-12(13-15-8-9-16-13)10-11-6-4-3-5-7-11/h3-9,12,14H,2,10H2,1H3,(H,15,16). The second-order valence-electron chi connectivity index (χ2n) is 3.77. The zero-order chi connectivity index (χ0) is 11.2. The maximum absolute atomic E-state index is 4.31. The van der Waals surface area contributed by atoms with Crippen molar-refractivity contribution in [1.29, 1.82) is 0 Å². The first-order valence-electron chi connectivity index (χ1n) is 5.66. The van der Waals surface area contributed by atoms with E-state index in [0.717, 1.165) is 18.8 Å². The van der Waals surface area contributed by atoms with E-state index in [4.69, 9.17) is 0 Å². The molecule has 1 aromatic carbocycles. The van der Waals surface area contributed by atoms with Crippen LogP contribution in [-0.4, -0.2) is 16.5 Å². The summed E-state index contributed by atoms with van der Waals surface area (Å²) in [7, 11) is 0. The van der Waals surface area contributed by atoms with Crippen LogP contribution in [0.2, 0.25) is 0 Å². The Hall–Kier alpha value is -1.61. The molecule has 0 bridgehead atoms. The largest absolute Gasteiger partial charge is 0.347 e. The van der Waals surface area contributed by atoms with Crippen molar-refractivity contribution in [3.63, 3.8) is 0 Å². The number of likely N-dealkylation sites (N-methyl/N-ethyl adjacent to an activating group) is 1. The maximum Gasteiger partial charge on any atom is 0.123 e. The van der Waals surface area contributed by atoms with Gasteiger partial charge in [-0.15, -0.1) is 0 Å². The number of aromatic nitrogens is 2. The molecule has 0 fully saturated rings. The zero-order valence-electron chi connectivity index (χ0n) is 9.48. The molecule has 16 heavy (non-hydrogen) atoms. The lowest BCUT2D eigenvalue weighted by Crippen LogP contribution is -2.24. The molecule has 1 atom stereocenters. The molecular weight excluding hydrogens is 198 g/mol. The van der Waals surface area contributed by atoms with Gasteiger partial charge in [0.15, 0.2) is 0 Å². The summed E-state index contributed by atoms with van der Waals surface area (Å²) in [6.45, 7) is 3.05. The minimum Gasteiger partial charge on any atom is -0.347 e. The minimum absolute atomic E-state index is 0.266. The van der Waals surface area contributed by atoms with E-state index in [-0.39, 0.29) is 6.04 Å². The molecule has 2 rings (SSSR count). The highest BCUT2D eigenvalue weighted by molar-refractivity contribution is 5.17. The quantitative estimate of drug-likeness (QED) is 0.803. The Morgan fingerprint density at radius 3 is 2.75 bits per heavy atom. The molecule has 0 aliphatic rings. The molecule has 1 aromatic heterocycles. The molecule has 0 aliphatic heterocycles. The number of rotatable bonds is 5. The van der Waals surface area contributed by atoms with E-state index in [9.17, 15) is 0 Å². The minimum atomic E-state index is 0.266. The number of benzene rings is 1. The van der Waals surface area contributed by atoms with Gasteiger partial charge in [0.25, 0.3) is 0 Å². The van der Waals surface area contributed by atoms with E-state index in [2.05, 4.69) is 46.5 Å². The van der Waals surface area contributed by atoms with Gasteiger partial charge in [-0.1, -0.05) is 37.3 Å². The normalized spacial score (nSPS) is 12.6. The van der Waals surface area contributed by atoms with Crippen molar-refractivity contribution < 1.29 is 0 Å². The van der Waals surface area contributed by atoms with Crippen LogP contribution >= 0.6 is 0 Å². The fraction of sp³-hybridized carbons (Fsp3) is 0.308. The van der Waals surface area contributed by atoms with Gasteiger partial charge in [0.05, 0.1) is 6.04 Å². The Balaban J connectivity index is 2.09. The number of nitrogens with one attached hydrogen (secondary N) is 2. The molecular formula is C13H17N3. The molecule has 0 saturated carbocycles. The van der Waals surface area contributed by atoms with Crippen molar-refractivity contribution in [3.05, 3.63) is 54.1 Å². The van der Waals surface area contributed by atoms with Gasteiger partial charge in [0.2, 0.25) is 0 Å². The van der Waals surface area contributed by atoms with Gasteiger partial charge in [-0.2, -0.15) is 0 Å². The lowest BCUT2D eigenvalue weighted by Gasteiger charge is -2.15. The van der Waals surface area contributed by atoms with Crippen LogP contribution < -0.4 is 5.32 Å². The summed E-state index contributed by atoms with van der Waals surface area (Å²) in [5, 5.41) is 3.44. The van der Waals surface area contributed by atoms with Crippen molar-refractivity contribution in [2.45, 2.75) is 19.4 Å². The highest BCUT2D eigenvalue weighted by Crippen LogP contribution is 2.14. The van der Waals surface area contributed by atoms with Crippen LogP contribution in [0, 0.1) is 0 Å². The Labute approximate surface area is 95.9 Å². The molecule has 1 unspecified atom stereocenters. The van der Waals surface area contributed by atoms with Crippen LogP contribution in [0.4, 0.5) is 0 Å². The molecule has 0 aliphatic carbocycles. The summed E-state index contributed by atoms with van der Waals surface area (Å²) in [6, 6.07) is 10.7. The monoisotopic (exact) mass is 215 g/mol. The first kappa shape index (κ1) is 10.9. The summed E-state index contributed by atoms with van der Waals surface area (Å²) in [5.41, 5.74) is 1.32. The smallest absolute Gasteiger partial charge is 0.123 e. The van der Waals surface area contributed by atoms with Gasteiger partial charge in [0, 0.05) is 12.4 Å². The Morgan fingerprint density at radius 2 is 2.12 bits per heavy atom. The van der Waals surface area contributed by atoms with Crippen molar-refractivity contribution in [2.24, 2.45) is 0 Å². The third-order valence-electron chi connectivity index (χ3n) is 2.58. The van der Waals surface area contributed by atoms with Crippen LogP contribution in [-0.2, 0) is 6.42 Å². The van der Waals surface area contributed by atoms with E-state index >= 15 is 0 Å². The Kier molecular flexibility index (Phi) is 3.72. The van der Waals surface area contributed by atoms with Crippen molar-refractivity contribution >= 4 is 0 Å².